The van der Waals surface area contributed by atoms with Crippen LogP contribution in [0.3, 0.4) is 0 Å². The highest BCUT2D eigenvalue weighted by Gasteiger charge is 2.34. The highest BCUT2D eigenvalue weighted by molar-refractivity contribution is 5.68. The summed E-state index contributed by atoms with van der Waals surface area (Å²) >= 11 is 0. The predicted octanol–water partition coefficient (Wildman–Crippen LogP) is 0.753. The van der Waals surface area contributed by atoms with E-state index in [1.54, 1.807) is 19.4 Å². The van der Waals surface area contributed by atoms with Crippen LogP contribution < -0.4 is 11.1 Å². The second-order valence-corrected chi connectivity index (χ2v) is 4.28. The first-order valence-corrected chi connectivity index (χ1v) is 5.72. The highest BCUT2D eigenvalue weighted by atomic mass is 16.5. The maximum absolute atomic E-state index is 8.89. The molecule has 1 unspecified atom stereocenters. The normalized spacial score (nSPS) is 22.7. The van der Waals surface area contributed by atoms with E-state index in [0.717, 1.165) is 6.42 Å². The van der Waals surface area contributed by atoms with Crippen LogP contribution >= 0.6 is 0 Å². The van der Waals surface area contributed by atoms with Crippen LogP contribution in [0.2, 0.25) is 0 Å². The molecule has 0 aromatic carbocycles. The number of hydrogen-bond donors (Lipinski definition) is 2. The minimum absolute atomic E-state index is 0.337. The Labute approximate surface area is 106 Å². The quantitative estimate of drug-likeness (QED) is 0.816. The van der Waals surface area contributed by atoms with Gasteiger partial charge in [0.05, 0.1) is 17.9 Å². The van der Waals surface area contributed by atoms with E-state index < -0.39 is 0 Å². The second-order valence-electron chi connectivity index (χ2n) is 4.28. The van der Waals surface area contributed by atoms with Crippen molar-refractivity contribution in [3.05, 3.63) is 17.8 Å². The average molecular weight is 248 g/mol. The van der Waals surface area contributed by atoms with Gasteiger partial charge in [0.1, 0.15) is 11.7 Å². The lowest BCUT2D eigenvalue weighted by atomic mass is 10.0. The van der Waals surface area contributed by atoms with Gasteiger partial charge < -0.3 is 20.5 Å². The number of anilines is 2. The number of aromatic nitrogens is 1. The summed E-state index contributed by atoms with van der Waals surface area (Å²) in [7, 11) is 1.67. The summed E-state index contributed by atoms with van der Waals surface area (Å²) in [4.78, 5) is 4.13. The minimum Gasteiger partial charge on any atom is -0.395 e. The molecule has 6 nitrogen and oxygen atoms in total. The van der Waals surface area contributed by atoms with Crippen LogP contribution in [0.5, 0.6) is 0 Å². The summed E-state index contributed by atoms with van der Waals surface area (Å²) in [6, 6.07) is 3.61. The summed E-state index contributed by atoms with van der Waals surface area (Å²) in [5.41, 5.74) is 6.29. The molecule has 1 fully saturated rings. The third kappa shape index (κ3) is 2.37. The molecule has 0 aliphatic carbocycles. The first-order valence-electron chi connectivity index (χ1n) is 5.72. The van der Waals surface area contributed by atoms with E-state index in [1.807, 2.05) is 6.07 Å². The molecule has 3 N–H and O–H groups in total. The number of nitrogen functional groups attached to an aromatic ring is 1. The Morgan fingerprint density at radius 3 is 3.17 bits per heavy atom. The zero-order valence-electron chi connectivity index (χ0n) is 10.3. The van der Waals surface area contributed by atoms with Gasteiger partial charge in [-0.05, 0) is 6.07 Å². The number of hydrogen-bond acceptors (Lipinski definition) is 6. The number of rotatable bonds is 4. The smallest absolute Gasteiger partial charge is 0.150 e. The van der Waals surface area contributed by atoms with Gasteiger partial charge in [0.25, 0.3) is 0 Å². The lowest BCUT2D eigenvalue weighted by Gasteiger charge is -2.26. The molecule has 1 saturated heterocycles. The van der Waals surface area contributed by atoms with Gasteiger partial charge in [-0.1, -0.05) is 0 Å². The van der Waals surface area contributed by atoms with Crippen LogP contribution in [-0.2, 0) is 9.47 Å². The van der Waals surface area contributed by atoms with E-state index in [2.05, 4.69) is 10.3 Å². The molecule has 1 aliphatic heterocycles. The number of pyridine rings is 1. The Morgan fingerprint density at radius 1 is 1.72 bits per heavy atom. The molecular formula is C12H16N4O2. The average Bonchev–Trinajstić information content (AvgIpc) is 2.87. The highest BCUT2D eigenvalue weighted by Crippen LogP contribution is 2.25. The van der Waals surface area contributed by atoms with Gasteiger partial charge in [-0.2, -0.15) is 5.26 Å². The molecule has 0 bridgehead atoms. The molecule has 2 heterocycles. The summed E-state index contributed by atoms with van der Waals surface area (Å²) in [5, 5.41) is 12.0. The van der Waals surface area contributed by atoms with Gasteiger partial charge in [-0.25, -0.2) is 4.98 Å². The standard InChI is InChI=1S/C12H16N4O2/c1-17-12(3-5-18-8-12)7-16-11-10(14)9(6-13)2-4-15-11/h2,4H,3,5,7-8,14H2,1H3,(H,15,16). The second kappa shape index (κ2) is 5.21. The van der Waals surface area contributed by atoms with Crippen molar-refractivity contribution in [2.24, 2.45) is 0 Å². The van der Waals surface area contributed by atoms with Crippen LogP contribution in [0.25, 0.3) is 0 Å². The van der Waals surface area contributed by atoms with Gasteiger partial charge in [-0.15, -0.1) is 0 Å². The zero-order chi connectivity index (χ0) is 13.0. The van der Waals surface area contributed by atoms with Crippen LogP contribution in [0.4, 0.5) is 11.5 Å². The number of nitrogens with zero attached hydrogens (tertiary/aromatic N) is 2. The molecule has 1 aromatic rings. The summed E-state index contributed by atoms with van der Waals surface area (Å²) in [6.45, 7) is 1.79. The Balaban J connectivity index is 2.08. The van der Waals surface area contributed by atoms with Crippen molar-refractivity contribution in [3.8, 4) is 6.07 Å². The molecule has 0 spiro atoms. The summed E-state index contributed by atoms with van der Waals surface area (Å²) < 4.78 is 10.8. The molecule has 2 rings (SSSR count). The van der Waals surface area contributed by atoms with Crippen LogP contribution in [-0.4, -0.2) is 37.5 Å². The van der Waals surface area contributed by atoms with E-state index in [-0.39, 0.29) is 5.60 Å². The van der Waals surface area contributed by atoms with Gasteiger partial charge >= 0.3 is 0 Å². The lowest BCUT2D eigenvalue weighted by Crippen LogP contribution is -2.39. The molecule has 1 atom stereocenters. The van der Waals surface area contributed by atoms with Crippen molar-refractivity contribution < 1.29 is 9.47 Å². The Morgan fingerprint density at radius 2 is 2.56 bits per heavy atom. The molecule has 1 aromatic heterocycles. The number of nitrogens with one attached hydrogen (secondary N) is 1. The first kappa shape index (κ1) is 12.6. The maximum Gasteiger partial charge on any atom is 0.150 e. The van der Waals surface area contributed by atoms with E-state index in [4.69, 9.17) is 20.5 Å². The Bertz CT molecular complexity index is 464. The van der Waals surface area contributed by atoms with Crippen LogP contribution in [0.1, 0.15) is 12.0 Å². The molecule has 18 heavy (non-hydrogen) atoms. The fourth-order valence-corrected chi connectivity index (χ4v) is 1.92. The first-order chi connectivity index (χ1) is 8.71. The topological polar surface area (TPSA) is 93.2 Å². The van der Waals surface area contributed by atoms with Gasteiger partial charge in [0.2, 0.25) is 0 Å². The SMILES string of the molecule is COC1(CNc2nccc(C#N)c2N)CCOC1. The lowest BCUT2D eigenvalue weighted by molar-refractivity contribution is -0.00624. The van der Waals surface area contributed by atoms with Gasteiger partial charge in [-0.3, -0.25) is 0 Å². The molecule has 0 amide bonds. The van der Waals surface area contributed by atoms with Crippen molar-refractivity contribution in [1.29, 1.82) is 5.26 Å². The van der Waals surface area contributed by atoms with Gasteiger partial charge in [0, 0.05) is 32.9 Å². The third-order valence-corrected chi connectivity index (χ3v) is 3.19. The molecule has 96 valence electrons. The number of ether oxygens (including phenoxy) is 2. The van der Waals surface area contributed by atoms with E-state index in [1.165, 1.54) is 0 Å². The summed E-state index contributed by atoms with van der Waals surface area (Å²) in [6.07, 6.45) is 2.39. The monoisotopic (exact) mass is 248 g/mol. The Hall–Kier alpha value is -1.84. The van der Waals surface area contributed by atoms with Crippen molar-refractivity contribution in [2.75, 3.05) is 37.9 Å². The largest absolute Gasteiger partial charge is 0.395 e. The van der Waals surface area contributed by atoms with E-state index in [0.29, 0.717) is 36.8 Å². The predicted molar refractivity (Wildman–Crippen MR) is 67.0 cm³/mol. The van der Waals surface area contributed by atoms with Crippen molar-refractivity contribution in [2.45, 2.75) is 12.0 Å². The molecular weight excluding hydrogens is 232 g/mol. The van der Waals surface area contributed by atoms with Crippen LogP contribution in [0, 0.1) is 11.3 Å². The fraction of sp³-hybridized carbons (Fsp3) is 0.500. The van der Waals surface area contributed by atoms with Crippen molar-refractivity contribution >= 4 is 11.5 Å². The van der Waals surface area contributed by atoms with Crippen LogP contribution in [0.15, 0.2) is 12.3 Å². The zero-order valence-corrected chi connectivity index (χ0v) is 10.3. The fourth-order valence-electron chi connectivity index (χ4n) is 1.92. The van der Waals surface area contributed by atoms with E-state index >= 15 is 0 Å². The van der Waals surface area contributed by atoms with Crippen molar-refractivity contribution in [3.63, 3.8) is 0 Å². The minimum atomic E-state index is -0.337. The molecule has 1 aliphatic rings. The molecule has 0 saturated carbocycles. The van der Waals surface area contributed by atoms with Crippen molar-refractivity contribution in [1.82, 2.24) is 4.98 Å². The van der Waals surface area contributed by atoms with E-state index in [9.17, 15) is 0 Å². The number of methoxy groups -OCH3 is 1. The number of nitriles is 1. The summed E-state index contributed by atoms with van der Waals surface area (Å²) in [5.74, 6) is 0.511. The van der Waals surface area contributed by atoms with Gasteiger partial charge in [0.15, 0.2) is 5.82 Å². The Kier molecular flexibility index (Phi) is 3.65. The maximum atomic E-state index is 8.89. The molecule has 6 heteroatoms. The number of nitrogens with two attached hydrogens (primary N) is 1. The molecule has 0 radical (unpaired) electrons. The third-order valence-electron chi connectivity index (χ3n) is 3.19.